The van der Waals surface area contributed by atoms with Crippen molar-refractivity contribution in [2.45, 2.75) is 71.9 Å². The summed E-state index contributed by atoms with van der Waals surface area (Å²) < 4.78 is 3.35. The molecule has 6 heteroatoms. The fourth-order valence-corrected chi connectivity index (χ4v) is 4.10. The van der Waals surface area contributed by atoms with E-state index in [4.69, 9.17) is 0 Å². The van der Waals surface area contributed by atoms with Crippen LogP contribution in [0.25, 0.3) is 11.1 Å². The summed E-state index contributed by atoms with van der Waals surface area (Å²) in [5.74, 6) is -0.188. The number of carboxylic acid groups (broad SMARTS) is 1. The highest BCUT2D eigenvalue weighted by Crippen LogP contribution is 2.24. The van der Waals surface area contributed by atoms with Crippen LogP contribution in [0.2, 0.25) is 0 Å². The van der Waals surface area contributed by atoms with Gasteiger partial charge in [-0.3, -0.25) is 4.57 Å². The van der Waals surface area contributed by atoms with E-state index in [1.807, 2.05) is 55.5 Å². The van der Waals surface area contributed by atoms with Crippen LogP contribution in [-0.4, -0.2) is 25.4 Å². The Bertz CT molecular complexity index is 1160. The second-order valence-corrected chi connectivity index (χ2v) is 8.60. The Hall–Kier alpha value is -3.41. The number of carbonyl (C=O) groups is 1. The molecule has 0 saturated heterocycles. The van der Waals surface area contributed by atoms with Crippen molar-refractivity contribution < 1.29 is 9.90 Å². The number of aromatic carboxylic acids is 1. The molecule has 0 atom stereocenters. The van der Waals surface area contributed by atoms with Gasteiger partial charge in [-0.1, -0.05) is 93.6 Å². The maximum atomic E-state index is 13.1. The van der Waals surface area contributed by atoms with Gasteiger partial charge < -0.3 is 5.11 Å². The van der Waals surface area contributed by atoms with Crippen molar-refractivity contribution >= 4 is 5.97 Å². The monoisotopic (exact) mass is 461 g/mol. The van der Waals surface area contributed by atoms with E-state index in [1.165, 1.54) is 25.7 Å². The third-order valence-electron chi connectivity index (χ3n) is 6.02. The number of hydrogen-bond acceptors (Lipinski definition) is 3. The van der Waals surface area contributed by atoms with E-state index in [0.29, 0.717) is 25.1 Å². The first-order valence-electron chi connectivity index (χ1n) is 12.2. The van der Waals surface area contributed by atoms with Gasteiger partial charge >= 0.3 is 11.7 Å². The Morgan fingerprint density at radius 1 is 1.00 bits per heavy atom. The van der Waals surface area contributed by atoms with Crippen molar-refractivity contribution in [3.05, 3.63) is 88.1 Å². The molecule has 6 nitrogen and oxygen atoms in total. The highest BCUT2D eigenvalue weighted by Gasteiger charge is 2.14. The molecule has 1 N–H and O–H groups in total. The van der Waals surface area contributed by atoms with Gasteiger partial charge in [-0.15, -0.1) is 0 Å². The van der Waals surface area contributed by atoms with Crippen molar-refractivity contribution in [1.29, 1.82) is 0 Å². The lowest BCUT2D eigenvalue weighted by Crippen LogP contribution is -2.26. The summed E-state index contributed by atoms with van der Waals surface area (Å²) in [4.78, 5) is 24.7. The number of allylic oxidation sites excluding steroid dienone is 2. The van der Waals surface area contributed by atoms with Gasteiger partial charge in [-0.25, -0.2) is 14.3 Å². The van der Waals surface area contributed by atoms with Gasteiger partial charge in [-0.2, -0.15) is 5.10 Å². The van der Waals surface area contributed by atoms with E-state index in [9.17, 15) is 14.7 Å². The molecule has 0 fully saturated rings. The summed E-state index contributed by atoms with van der Waals surface area (Å²) in [7, 11) is 0. The fourth-order valence-electron chi connectivity index (χ4n) is 4.10. The molecule has 0 radical (unpaired) electrons. The number of hydrogen-bond donors (Lipinski definition) is 1. The number of aryl methyl sites for hydroxylation is 1. The van der Waals surface area contributed by atoms with Crippen LogP contribution in [0.1, 0.15) is 74.1 Å². The van der Waals surface area contributed by atoms with Gasteiger partial charge in [0.05, 0.1) is 12.1 Å². The lowest BCUT2D eigenvalue weighted by atomic mass is 9.99. The number of unbranched alkanes of at least 4 members (excludes halogenated alkanes) is 5. The van der Waals surface area contributed by atoms with Crippen LogP contribution in [0.3, 0.4) is 0 Å². The van der Waals surface area contributed by atoms with Gasteiger partial charge in [0.1, 0.15) is 5.82 Å². The molecule has 2 aromatic carbocycles. The van der Waals surface area contributed by atoms with Gasteiger partial charge in [0.25, 0.3) is 0 Å². The predicted octanol–water partition coefficient (Wildman–Crippen LogP) is 5.94. The summed E-state index contributed by atoms with van der Waals surface area (Å²) in [6, 6.07) is 14.7. The molecule has 34 heavy (non-hydrogen) atoms. The molecular formula is C28H35N3O3. The number of rotatable bonds is 13. The Balaban J connectivity index is 1.76. The molecule has 1 aromatic heterocycles. The SMILES string of the molecule is CC=CCc1nn(CCCCCCCC)c(=O)n1Cc1ccc(-c2ccccc2C(=O)O)cc1. The smallest absolute Gasteiger partial charge is 0.346 e. The first kappa shape index (κ1) is 25.2. The molecule has 0 unspecified atom stereocenters. The van der Waals surface area contributed by atoms with E-state index in [-0.39, 0.29) is 11.3 Å². The standard InChI is InChI=1S/C28H35N3O3/c1-3-5-7-8-9-12-20-31-28(34)30(26(29-31)15-6-4-2)21-22-16-18-23(19-17-22)24-13-10-11-14-25(24)27(32)33/h4,6,10-11,13-14,16-19H,3,5,7-9,12,15,20-21H2,1-2H3,(H,32,33). The molecule has 3 rings (SSSR count). The minimum Gasteiger partial charge on any atom is -0.478 e. The zero-order valence-corrected chi connectivity index (χ0v) is 20.2. The van der Waals surface area contributed by atoms with Crippen molar-refractivity contribution in [3.8, 4) is 11.1 Å². The first-order chi connectivity index (χ1) is 16.5. The third kappa shape index (κ3) is 6.56. The molecule has 0 amide bonds. The van der Waals surface area contributed by atoms with Crippen LogP contribution in [0.4, 0.5) is 0 Å². The van der Waals surface area contributed by atoms with E-state index < -0.39 is 5.97 Å². The van der Waals surface area contributed by atoms with Crippen LogP contribution in [0.5, 0.6) is 0 Å². The number of benzene rings is 2. The minimum atomic E-state index is -0.947. The van der Waals surface area contributed by atoms with Gasteiger partial charge in [0.15, 0.2) is 0 Å². The summed E-state index contributed by atoms with van der Waals surface area (Å²) in [6.07, 6.45) is 11.6. The Morgan fingerprint density at radius 3 is 2.41 bits per heavy atom. The highest BCUT2D eigenvalue weighted by molar-refractivity contribution is 5.95. The molecule has 1 heterocycles. The Kier molecular flexibility index (Phi) is 9.44. The molecule has 0 saturated carbocycles. The number of nitrogens with zero attached hydrogens (tertiary/aromatic N) is 3. The lowest BCUT2D eigenvalue weighted by Gasteiger charge is -2.08. The second kappa shape index (κ2) is 12.7. The maximum Gasteiger partial charge on any atom is 0.346 e. The zero-order valence-electron chi connectivity index (χ0n) is 20.2. The van der Waals surface area contributed by atoms with E-state index in [2.05, 4.69) is 12.0 Å². The molecule has 0 spiro atoms. The second-order valence-electron chi connectivity index (χ2n) is 8.60. The fraction of sp³-hybridized carbons (Fsp3) is 0.393. The lowest BCUT2D eigenvalue weighted by molar-refractivity contribution is 0.0697. The average Bonchev–Trinajstić information content (AvgIpc) is 3.14. The number of carboxylic acids is 1. The highest BCUT2D eigenvalue weighted by atomic mass is 16.4. The van der Waals surface area contributed by atoms with Crippen molar-refractivity contribution in [1.82, 2.24) is 14.3 Å². The van der Waals surface area contributed by atoms with Gasteiger partial charge in [0, 0.05) is 13.0 Å². The van der Waals surface area contributed by atoms with Gasteiger partial charge in [-0.05, 0) is 36.1 Å². The maximum absolute atomic E-state index is 13.1. The molecule has 0 aliphatic heterocycles. The molecular weight excluding hydrogens is 426 g/mol. The van der Waals surface area contributed by atoms with Crippen LogP contribution < -0.4 is 5.69 Å². The molecule has 180 valence electrons. The van der Waals surface area contributed by atoms with Crippen LogP contribution >= 0.6 is 0 Å². The molecule has 0 bridgehead atoms. The van der Waals surface area contributed by atoms with Crippen molar-refractivity contribution in [2.75, 3.05) is 0 Å². The largest absolute Gasteiger partial charge is 0.478 e. The van der Waals surface area contributed by atoms with Crippen molar-refractivity contribution in [3.63, 3.8) is 0 Å². The Morgan fingerprint density at radius 2 is 1.71 bits per heavy atom. The van der Waals surface area contributed by atoms with Crippen LogP contribution in [-0.2, 0) is 19.5 Å². The third-order valence-corrected chi connectivity index (χ3v) is 6.02. The molecule has 3 aromatic rings. The first-order valence-corrected chi connectivity index (χ1v) is 12.2. The Labute approximate surface area is 201 Å². The predicted molar refractivity (Wildman–Crippen MR) is 136 cm³/mol. The average molecular weight is 462 g/mol. The zero-order chi connectivity index (χ0) is 24.3. The van der Waals surface area contributed by atoms with Crippen molar-refractivity contribution in [2.24, 2.45) is 0 Å². The topological polar surface area (TPSA) is 77.1 Å². The number of aromatic nitrogens is 3. The molecule has 0 aliphatic carbocycles. The van der Waals surface area contributed by atoms with Crippen LogP contribution in [0.15, 0.2) is 65.5 Å². The van der Waals surface area contributed by atoms with Crippen LogP contribution in [0, 0.1) is 0 Å². The molecule has 0 aliphatic rings. The summed E-state index contributed by atoms with van der Waals surface area (Å²) >= 11 is 0. The summed E-state index contributed by atoms with van der Waals surface area (Å²) in [5, 5.41) is 14.1. The minimum absolute atomic E-state index is 0.0756. The summed E-state index contributed by atoms with van der Waals surface area (Å²) in [5.41, 5.74) is 2.69. The van der Waals surface area contributed by atoms with E-state index >= 15 is 0 Å². The van der Waals surface area contributed by atoms with E-state index in [0.717, 1.165) is 29.8 Å². The quantitative estimate of drug-likeness (QED) is 0.252. The normalized spacial score (nSPS) is 11.4. The summed E-state index contributed by atoms with van der Waals surface area (Å²) in [6.45, 7) is 5.25. The van der Waals surface area contributed by atoms with E-state index in [1.54, 1.807) is 21.4 Å². The van der Waals surface area contributed by atoms with Gasteiger partial charge in [0.2, 0.25) is 0 Å².